The molecule has 2 aliphatic heterocycles. The molecule has 0 unspecified atom stereocenters. The van der Waals surface area contributed by atoms with Crippen molar-refractivity contribution in [1.29, 1.82) is 0 Å². The van der Waals surface area contributed by atoms with Crippen molar-refractivity contribution in [2.24, 2.45) is 0 Å². The highest BCUT2D eigenvalue weighted by Gasteiger charge is 2.42. The van der Waals surface area contributed by atoms with Crippen LogP contribution in [0.5, 0.6) is 5.75 Å². The highest BCUT2D eigenvalue weighted by atomic mass is 32.2. The molecule has 4 rings (SSSR count). The molecule has 2 aliphatic rings. The fourth-order valence-corrected chi connectivity index (χ4v) is 4.59. The maximum absolute atomic E-state index is 13.0. The van der Waals surface area contributed by atoms with Crippen LogP contribution in [-0.2, 0) is 31.1 Å². The number of sulfone groups is 1. The number of hydrogen-bond acceptors (Lipinski definition) is 6. The molecule has 0 bridgehead atoms. The highest BCUT2D eigenvalue weighted by Crippen LogP contribution is 2.34. The Hall–Kier alpha value is -2.63. The first kappa shape index (κ1) is 26.4. The largest absolute Gasteiger partial charge is 0.490 e. The van der Waals surface area contributed by atoms with Crippen LogP contribution in [0.4, 0.5) is 13.2 Å². The lowest BCUT2D eigenvalue weighted by atomic mass is 9.91. The SMILES string of the molecule is CS(=O)(=O)CCOC1(c2ccc(C(=O)N3CCC(Oc4ccc(C(F)(F)F)cc4)CC3)cc2)COC1. The van der Waals surface area contributed by atoms with E-state index in [0.29, 0.717) is 50.5 Å². The van der Waals surface area contributed by atoms with Crippen molar-refractivity contribution in [3.8, 4) is 5.75 Å². The summed E-state index contributed by atoms with van der Waals surface area (Å²) in [5.74, 6) is 0.173. The van der Waals surface area contributed by atoms with E-state index in [4.69, 9.17) is 14.2 Å². The molecule has 36 heavy (non-hydrogen) atoms. The fourth-order valence-electron chi connectivity index (χ4n) is 4.20. The standard InChI is InChI=1S/C25H28F3NO6S/c1-36(31,32)15-14-34-24(16-33-17-24)19-4-2-18(3-5-19)23(30)29-12-10-22(11-13-29)35-21-8-6-20(7-9-21)25(26,27)28/h2-9,22H,10-17H2,1H3. The number of halogens is 3. The van der Waals surface area contributed by atoms with E-state index in [2.05, 4.69) is 0 Å². The molecule has 0 spiro atoms. The van der Waals surface area contributed by atoms with Crippen LogP contribution in [0.1, 0.15) is 34.3 Å². The first-order chi connectivity index (χ1) is 17.0. The maximum Gasteiger partial charge on any atom is 0.416 e. The quantitative estimate of drug-likeness (QED) is 0.521. The van der Waals surface area contributed by atoms with Gasteiger partial charge in [-0.15, -0.1) is 0 Å². The molecule has 2 fully saturated rings. The van der Waals surface area contributed by atoms with Gasteiger partial charge in [0.15, 0.2) is 0 Å². The summed E-state index contributed by atoms with van der Waals surface area (Å²) in [6.07, 6.45) is -2.28. The molecule has 1 amide bonds. The van der Waals surface area contributed by atoms with Gasteiger partial charge in [-0.3, -0.25) is 4.79 Å². The van der Waals surface area contributed by atoms with Crippen molar-refractivity contribution >= 4 is 15.7 Å². The third-order valence-corrected chi connectivity index (χ3v) is 7.28. The monoisotopic (exact) mass is 527 g/mol. The Kier molecular flexibility index (Phi) is 7.63. The van der Waals surface area contributed by atoms with Gasteiger partial charge in [-0.1, -0.05) is 12.1 Å². The van der Waals surface area contributed by atoms with Gasteiger partial charge < -0.3 is 19.1 Å². The minimum Gasteiger partial charge on any atom is -0.490 e. The minimum absolute atomic E-state index is 0.0619. The molecule has 0 saturated carbocycles. The van der Waals surface area contributed by atoms with E-state index in [1.807, 2.05) is 0 Å². The summed E-state index contributed by atoms with van der Waals surface area (Å²) >= 11 is 0. The molecule has 196 valence electrons. The predicted molar refractivity (Wildman–Crippen MR) is 126 cm³/mol. The van der Waals surface area contributed by atoms with Gasteiger partial charge in [-0.25, -0.2) is 8.42 Å². The number of ether oxygens (including phenoxy) is 3. The van der Waals surface area contributed by atoms with E-state index < -0.39 is 27.2 Å². The predicted octanol–water partition coefficient (Wildman–Crippen LogP) is 3.68. The second-order valence-corrected chi connectivity index (χ2v) is 11.4. The molecule has 7 nitrogen and oxygen atoms in total. The molecule has 0 aromatic heterocycles. The van der Waals surface area contributed by atoms with Crippen LogP contribution in [0, 0.1) is 0 Å². The lowest BCUT2D eigenvalue weighted by Crippen LogP contribution is -2.49. The first-order valence-corrected chi connectivity index (χ1v) is 13.6. The average molecular weight is 528 g/mol. The summed E-state index contributed by atoms with van der Waals surface area (Å²) in [6, 6.07) is 11.7. The Morgan fingerprint density at radius 2 is 1.67 bits per heavy atom. The number of carbonyl (C=O) groups is 1. The van der Waals surface area contributed by atoms with Crippen LogP contribution in [0.15, 0.2) is 48.5 Å². The Bertz CT molecular complexity index is 1150. The lowest BCUT2D eigenvalue weighted by molar-refractivity contribution is -0.214. The topological polar surface area (TPSA) is 82.1 Å². The van der Waals surface area contributed by atoms with Gasteiger partial charge in [0.1, 0.15) is 27.3 Å². The van der Waals surface area contributed by atoms with Crippen LogP contribution < -0.4 is 4.74 Å². The summed E-state index contributed by atoms with van der Waals surface area (Å²) in [5.41, 5.74) is -0.0902. The number of carbonyl (C=O) groups excluding carboxylic acids is 1. The minimum atomic E-state index is -4.39. The van der Waals surface area contributed by atoms with Gasteiger partial charge >= 0.3 is 6.18 Å². The number of benzene rings is 2. The van der Waals surface area contributed by atoms with Crippen molar-refractivity contribution in [1.82, 2.24) is 4.90 Å². The van der Waals surface area contributed by atoms with Crippen molar-refractivity contribution in [2.45, 2.75) is 30.7 Å². The van der Waals surface area contributed by atoms with Crippen LogP contribution in [0.3, 0.4) is 0 Å². The van der Waals surface area contributed by atoms with E-state index in [0.717, 1.165) is 24.0 Å². The normalized spacial score (nSPS) is 18.5. The molecule has 0 aliphatic carbocycles. The van der Waals surface area contributed by atoms with Crippen LogP contribution in [-0.4, -0.2) is 70.2 Å². The number of likely N-dealkylation sites (tertiary alicyclic amines) is 1. The Balaban J connectivity index is 1.30. The summed E-state index contributed by atoms with van der Waals surface area (Å²) in [6.45, 7) is 1.63. The zero-order valence-electron chi connectivity index (χ0n) is 19.8. The third-order valence-electron chi connectivity index (χ3n) is 6.37. The number of alkyl halides is 3. The van der Waals surface area contributed by atoms with Crippen molar-refractivity contribution in [3.63, 3.8) is 0 Å². The Morgan fingerprint density at radius 3 is 2.17 bits per heavy atom. The van der Waals surface area contributed by atoms with E-state index in [9.17, 15) is 26.4 Å². The van der Waals surface area contributed by atoms with E-state index >= 15 is 0 Å². The number of rotatable bonds is 8. The van der Waals surface area contributed by atoms with Crippen molar-refractivity contribution in [2.75, 3.05) is 44.9 Å². The van der Waals surface area contributed by atoms with E-state index in [1.165, 1.54) is 12.1 Å². The molecule has 0 radical (unpaired) electrons. The third kappa shape index (κ3) is 6.37. The summed E-state index contributed by atoms with van der Waals surface area (Å²) < 4.78 is 77.9. The number of hydrogen-bond donors (Lipinski definition) is 0. The van der Waals surface area contributed by atoms with Crippen LogP contribution >= 0.6 is 0 Å². The molecule has 0 N–H and O–H groups in total. The van der Waals surface area contributed by atoms with E-state index in [-0.39, 0.29) is 24.4 Å². The van der Waals surface area contributed by atoms with E-state index in [1.54, 1.807) is 29.2 Å². The van der Waals surface area contributed by atoms with Gasteiger partial charge in [0.05, 0.1) is 31.1 Å². The second kappa shape index (κ2) is 10.4. The Labute approximate surface area is 208 Å². The molecule has 2 heterocycles. The molecule has 2 aromatic carbocycles. The molecular formula is C25H28F3NO6S. The summed E-state index contributed by atoms with van der Waals surface area (Å²) in [5, 5.41) is 0. The van der Waals surface area contributed by atoms with Gasteiger partial charge in [-0.2, -0.15) is 13.2 Å². The zero-order valence-corrected chi connectivity index (χ0v) is 20.6. The fraction of sp³-hybridized carbons (Fsp3) is 0.480. The summed E-state index contributed by atoms with van der Waals surface area (Å²) in [4.78, 5) is 14.7. The number of piperidine rings is 1. The first-order valence-electron chi connectivity index (χ1n) is 11.6. The highest BCUT2D eigenvalue weighted by molar-refractivity contribution is 7.90. The molecule has 2 saturated heterocycles. The van der Waals surface area contributed by atoms with Crippen molar-refractivity contribution < 1.29 is 40.6 Å². The second-order valence-electron chi connectivity index (χ2n) is 9.17. The molecule has 0 atom stereocenters. The average Bonchev–Trinajstić information content (AvgIpc) is 2.80. The number of nitrogens with zero attached hydrogens (tertiary/aromatic N) is 1. The van der Waals surface area contributed by atoms with Gasteiger partial charge in [0.2, 0.25) is 0 Å². The van der Waals surface area contributed by atoms with Gasteiger partial charge in [-0.05, 0) is 42.0 Å². The van der Waals surface area contributed by atoms with Gasteiger partial charge in [0, 0.05) is 37.8 Å². The lowest BCUT2D eigenvalue weighted by Gasteiger charge is -2.41. The summed E-state index contributed by atoms with van der Waals surface area (Å²) in [7, 11) is -3.14. The molecule has 11 heteroatoms. The van der Waals surface area contributed by atoms with Crippen LogP contribution in [0.25, 0.3) is 0 Å². The molecule has 2 aromatic rings. The van der Waals surface area contributed by atoms with Gasteiger partial charge in [0.25, 0.3) is 5.91 Å². The smallest absolute Gasteiger partial charge is 0.416 e. The number of amides is 1. The Morgan fingerprint density at radius 1 is 1.06 bits per heavy atom. The zero-order chi connectivity index (χ0) is 26.0. The van der Waals surface area contributed by atoms with Crippen molar-refractivity contribution in [3.05, 3.63) is 65.2 Å². The van der Waals surface area contributed by atoms with Crippen LogP contribution in [0.2, 0.25) is 0 Å². The molecular weight excluding hydrogens is 499 g/mol. The maximum atomic E-state index is 13.0.